The number of rotatable bonds is 10. The first-order chi connectivity index (χ1) is 14.7. The summed E-state index contributed by atoms with van der Waals surface area (Å²) in [5, 5.41) is 6.03. The van der Waals surface area contributed by atoms with Gasteiger partial charge >= 0.3 is 0 Å². The molecule has 7 nitrogen and oxygen atoms in total. The summed E-state index contributed by atoms with van der Waals surface area (Å²) in [5.74, 6) is -0.0664. The number of amides is 2. The van der Waals surface area contributed by atoms with E-state index in [2.05, 4.69) is 27.4 Å². The molecule has 2 aliphatic rings. The minimum absolute atomic E-state index is 0.0102. The van der Waals surface area contributed by atoms with Gasteiger partial charge in [0.2, 0.25) is 5.91 Å². The Morgan fingerprint density at radius 3 is 2.57 bits per heavy atom. The Balaban J connectivity index is 1.63. The zero-order chi connectivity index (χ0) is 21.2. The lowest BCUT2D eigenvalue weighted by atomic mass is 10.1. The molecule has 1 aromatic carbocycles. The van der Waals surface area contributed by atoms with Crippen LogP contribution in [0.25, 0.3) is 0 Å². The molecule has 0 bridgehead atoms. The summed E-state index contributed by atoms with van der Waals surface area (Å²) in [6.45, 7) is 8.82. The first-order valence-corrected chi connectivity index (χ1v) is 11.4. The number of hydrogen-bond donors (Lipinski definition) is 2. The Morgan fingerprint density at radius 2 is 1.83 bits per heavy atom. The molecule has 0 radical (unpaired) electrons. The molecule has 1 aromatic rings. The van der Waals surface area contributed by atoms with Gasteiger partial charge in [0.1, 0.15) is 0 Å². The summed E-state index contributed by atoms with van der Waals surface area (Å²) in [4.78, 5) is 29.8. The van der Waals surface area contributed by atoms with Crippen LogP contribution in [0, 0.1) is 0 Å². The van der Waals surface area contributed by atoms with Gasteiger partial charge in [-0.15, -0.1) is 0 Å². The molecule has 166 valence electrons. The van der Waals surface area contributed by atoms with Gasteiger partial charge in [0.05, 0.1) is 18.8 Å². The second kappa shape index (κ2) is 11.9. The Labute approximate surface area is 180 Å². The average molecular weight is 417 g/mol. The maximum atomic E-state index is 13.0. The highest BCUT2D eigenvalue weighted by Crippen LogP contribution is 2.27. The molecule has 3 rings (SSSR count). The highest BCUT2D eigenvalue weighted by Gasteiger charge is 2.21. The molecule has 7 heteroatoms. The summed E-state index contributed by atoms with van der Waals surface area (Å²) >= 11 is 0. The molecule has 2 N–H and O–H groups in total. The van der Waals surface area contributed by atoms with Crippen molar-refractivity contribution in [2.24, 2.45) is 0 Å². The van der Waals surface area contributed by atoms with E-state index in [1.165, 1.54) is 0 Å². The first kappa shape index (κ1) is 22.6. The van der Waals surface area contributed by atoms with Crippen molar-refractivity contribution in [3.8, 4) is 0 Å². The number of hydrogen-bond acceptors (Lipinski definition) is 5. The van der Waals surface area contributed by atoms with E-state index in [-0.39, 0.29) is 11.8 Å². The molecule has 2 amide bonds. The van der Waals surface area contributed by atoms with Gasteiger partial charge in [-0.25, -0.2) is 0 Å². The van der Waals surface area contributed by atoms with Crippen molar-refractivity contribution >= 4 is 23.2 Å². The highest BCUT2D eigenvalue weighted by atomic mass is 16.5. The minimum atomic E-state index is -0.0766. The number of carbonyl (C=O) groups excluding carboxylic acids is 2. The van der Waals surface area contributed by atoms with Gasteiger partial charge in [-0.05, 0) is 37.5 Å². The fraction of sp³-hybridized carbons (Fsp3) is 0.652. The number of anilines is 2. The number of unbranched alkanes of at least 4 members (excludes halogenated alkanes) is 2. The summed E-state index contributed by atoms with van der Waals surface area (Å²) in [6, 6.07) is 5.72. The van der Waals surface area contributed by atoms with Crippen LogP contribution in [0.1, 0.15) is 55.8 Å². The summed E-state index contributed by atoms with van der Waals surface area (Å²) < 4.78 is 5.38. The topological polar surface area (TPSA) is 73.9 Å². The van der Waals surface area contributed by atoms with Gasteiger partial charge in [-0.1, -0.05) is 19.8 Å². The molecule has 0 spiro atoms. The largest absolute Gasteiger partial charge is 0.379 e. The fourth-order valence-electron chi connectivity index (χ4n) is 4.04. The molecule has 0 unspecified atom stereocenters. The standard InChI is InChI=1S/C23H36N4O3/c1-2-3-4-7-22(28)25-19-8-9-21(27-11-5-6-12-27)20(18-19)23(29)24-10-13-26-14-16-30-17-15-26/h8-9,18H,2-7,10-17H2,1H3,(H,24,29)(H,25,28). The van der Waals surface area contributed by atoms with Crippen LogP contribution in [0.3, 0.4) is 0 Å². The first-order valence-electron chi connectivity index (χ1n) is 11.4. The monoisotopic (exact) mass is 416 g/mol. The van der Waals surface area contributed by atoms with Crippen molar-refractivity contribution in [3.63, 3.8) is 0 Å². The van der Waals surface area contributed by atoms with Crippen molar-refractivity contribution in [3.05, 3.63) is 23.8 Å². The van der Waals surface area contributed by atoms with E-state index in [0.717, 1.165) is 83.7 Å². The van der Waals surface area contributed by atoms with Crippen molar-refractivity contribution in [2.75, 3.05) is 62.7 Å². The quantitative estimate of drug-likeness (QED) is 0.574. The van der Waals surface area contributed by atoms with Gasteiger partial charge in [-0.2, -0.15) is 0 Å². The number of benzene rings is 1. The molecule has 0 aromatic heterocycles. The van der Waals surface area contributed by atoms with Crippen LogP contribution < -0.4 is 15.5 Å². The van der Waals surface area contributed by atoms with Crippen molar-refractivity contribution in [1.82, 2.24) is 10.2 Å². The van der Waals surface area contributed by atoms with Crippen molar-refractivity contribution < 1.29 is 14.3 Å². The second-order valence-electron chi connectivity index (χ2n) is 8.14. The SMILES string of the molecule is CCCCCC(=O)Nc1ccc(N2CCCC2)c(C(=O)NCCN2CCOCC2)c1. The molecule has 0 aliphatic carbocycles. The summed E-state index contributed by atoms with van der Waals surface area (Å²) in [5.41, 5.74) is 2.29. The van der Waals surface area contributed by atoms with Crippen LogP contribution in [-0.4, -0.2) is 69.2 Å². The van der Waals surface area contributed by atoms with E-state index in [1.807, 2.05) is 18.2 Å². The summed E-state index contributed by atoms with van der Waals surface area (Å²) in [6.07, 6.45) is 5.85. The highest BCUT2D eigenvalue weighted by molar-refractivity contribution is 6.02. The molecular formula is C23H36N4O3. The van der Waals surface area contributed by atoms with E-state index in [0.29, 0.717) is 24.2 Å². The third-order valence-electron chi connectivity index (χ3n) is 5.80. The van der Waals surface area contributed by atoms with Crippen LogP contribution in [0.4, 0.5) is 11.4 Å². The molecule has 30 heavy (non-hydrogen) atoms. The average Bonchev–Trinajstić information content (AvgIpc) is 3.29. The van der Waals surface area contributed by atoms with Crippen molar-refractivity contribution in [1.29, 1.82) is 0 Å². The Morgan fingerprint density at radius 1 is 1.07 bits per heavy atom. The Hall–Kier alpha value is -2.12. The number of morpholine rings is 1. The van der Waals surface area contributed by atoms with E-state index in [9.17, 15) is 9.59 Å². The number of nitrogens with zero attached hydrogens (tertiary/aromatic N) is 2. The Bertz CT molecular complexity index is 698. The third-order valence-corrected chi connectivity index (χ3v) is 5.80. The maximum Gasteiger partial charge on any atom is 0.253 e. The molecule has 0 saturated carbocycles. The van der Waals surface area contributed by atoms with Crippen LogP contribution in [0.5, 0.6) is 0 Å². The lowest BCUT2D eigenvalue weighted by Crippen LogP contribution is -2.41. The normalized spacial score (nSPS) is 17.2. The number of carbonyl (C=O) groups is 2. The molecule has 2 saturated heterocycles. The zero-order valence-electron chi connectivity index (χ0n) is 18.3. The van der Waals surface area contributed by atoms with Gasteiger partial charge < -0.3 is 20.3 Å². The predicted molar refractivity (Wildman–Crippen MR) is 120 cm³/mol. The summed E-state index contributed by atoms with van der Waals surface area (Å²) in [7, 11) is 0. The van der Waals surface area contributed by atoms with E-state index in [4.69, 9.17) is 4.74 Å². The van der Waals surface area contributed by atoms with E-state index < -0.39 is 0 Å². The van der Waals surface area contributed by atoms with Crippen LogP contribution in [0.2, 0.25) is 0 Å². The smallest absolute Gasteiger partial charge is 0.253 e. The lowest BCUT2D eigenvalue weighted by Gasteiger charge is -2.26. The lowest BCUT2D eigenvalue weighted by molar-refractivity contribution is -0.116. The van der Waals surface area contributed by atoms with Gasteiger partial charge in [0.15, 0.2) is 0 Å². The van der Waals surface area contributed by atoms with E-state index in [1.54, 1.807) is 0 Å². The van der Waals surface area contributed by atoms with Gasteiger partial charge in [0.25, 0.3) is 5.91 Å². The minimum Gasteiger partial charge on any atom is -0.379 e. The molecular weight excluding hydrogens is 380 g/mol. The van der Waals surface area contributed by atoms with E-state index >= 15 is 0 Å². The molecule has 0 atom stereocenters. The predicted octanol–water partition coefficient (Wildman–Crippen LogP) is 2.87. The number of nitrogens with one attached hydrogen (secondary N) is 2. The van der Waals surface area contributed by atoms with Crippen molar-refractivity contribution in [2.45, 2.75) is 45.4 Å². The molecule has 2 aliphatic heterocycles. The fourth-order valence-corrected chi connectivity index (χ4v) is 4.04. The van der Waals surface area contributed by atoms with Crippen LogP contribution in [0.15, 0.2) is 18.2 Å². The maximum absolute atomic E-state index is 13.0. The second-order valence-corrected chi connectivity index (χ2v) is 8.14. The number of ether oxygens (including phenoxy) is 1. The van der Waals surface area contributed by atoms with Crippen LogP contribution in [-0.2, 0) is 9.53 Å². The Kier molecular flexibility index (Phi) is 8.96. The third kappa shape index (κ3) is 6.71. The molecule has 2 fully saturated rings. The van der Waals surface area contributed by atoms with Crippen LogP contribution >= 0.6 is 0 Å². The zero-order valence-corrected chi connectivity index (χ0v) is 18.3. The van der Waals surface area contributed by atoms with Gasteiger partial charge in [-0.3, -0.25) is 14.5 Å². The molecule has 2 heterocycles. The van der Waals surface area contributed by atoms with Gasteiger partial charge in [0, 0.05) is 57.1 Å².